The molecule has 0 bridgehead atoms. The van der Waals surface area contributed by atoms with Crippen LogP contribution >= 0.6 is 0 Å². The van der Waals surface area contributed by atoms with E-state index in [1.807, 2.05) is 0 Å². The predicted molar refractivity (Wildman–Crippen MR) is 57.2 cm³/mol. The molecule has 0 aromatic heterocycles. The van der Waals surface area contributed by atoms with Gasteiger partial charge in [-0.3, -0.25) is 0 Å². The van der Waals surface area contributed by atoms with Crippen LogP contribution in [0.4, 0.5) is 15.8 Å². The summed E-state index contributed by atoms with van der Waals surface area (Å²) >= 11 is 0. The van der Waals surface area contributed by atoms with Crippen molar-refractivity contribution in [1.82, 2.24) is 0 Å². The average molecular weight is 214 g/mol. The summed E-state index contributed by atoms with van der Waals surface area (Å²) in [5, 5.41) is 11.4. The lowest BCUT2D eigenvalue weighted by molar-refractivity contribution is 0.0992. The van der Waals surface area contributed by atoms with Crippen LogP contribution in [0.25, 0.3) is 0 Å². The van der Waals surface area contributed by atoms with Gasteiger partial charge in [-0.25, -0.2) is 4.39 Å². The first-order valence-corrected chi connectivity index (χ1v) is 4.71. The number of halogens is 1. The monoisotopic (exact) mass is 214 g/mol. The molecule has 0 spiro atoms. The van der Waals surface area contributed by atoms with Gasteiger partial charge >= 0.3 is 0 Å². The minimum atomic E-state index is -0.367. The van der Waals surface area contributed by atoms with E-state index < -0.39 is 0 Å². The van der Waals surface area contributed by atoms with Crippen molar-refractivity contribution in [3.05, 3.63) is 24.0 Å². The molecule has 5 heteroatoms. The third kappa shape index (κ3) is 4.62. The maximum Gasteiger partial charge on any atom is 0.127 e. The largest absolute Gasteiger partial charge is 0.399 e. The van der Waals surface area contributed by atoms with E-state index in [1.165, 1.54) is 12.1 Å². The van der Waals surface area contributed by atoms with Gasteiger partial charge < -0.3 is 20.9 Å². The van der Waals surface area contributed by atoms with Gasteiger partial charge in [0.2, 0.25) is 0 Å². The van der Waals surface area contributed by atoms with Gasteiger partial charge in [-0.1, -0.05) is 0 Å². The van der Waals surface area contributed by atoms with E-state index in [2.05, 4.69) is 5.32 Å². The fourth-order valence-corrected chi connectivity index (χ4v) is 1.15. The van der Waals surface area contributed by atoms with Crippen LogP contribution in [0.3, 0.4) is 0 Å². The molecule has 0 amide bonds. The SMILES string of the molecule is Nc1cc(F)cc(NCCOCCO)c1. The summed E-state index contributed by atoms with van der Waals surface area (Å²) in [4.78, 5) is 0. The molecule has 0 aliphatic heterocycles. The molecule has 1 aromatic rings. The zero-order valence-electron chi connectivity index (χ0n) is 8.37. The lowest BCUT2D eigenvalue weighted by atomic mass is 10.2. The Labute approximate surface area is 87.9 Å². The van der Waals surface area contributed by atoms with E-state index in [-0.39, 0.29) is 12.4 Å². The number of nitrogens with one attached hydrogen (secondary N) is 1. The van der Waals surface area contributed by atoms with Gasteiger partial charge in [0, 0.05) is 17.9 Å². The lowest BCUT2D eigenvalue weighted by Gasteiger charge is -2.07. The van der Waals surface area contributed by atoms with Crippen LogP contribution in [-0.2, 0) is 4.74 Å². The molecule has 0 saturated carbocycles. The Bertz CT molecular complexity index is 287. The maximum atomic E-state index is 12.9. The summed E-state index contributed by atoms with van der Waals surface area (Å²) in [5.41, 5.74) is 6.48. The van der Waals surface area contributed by atoms with Gasteiger partial charge in [0.1, 0.15) is 5.82 Å². The first kappa shape index (κ1) is 11.7. The highest BCUT2D eigenvalue weighted by molar-refractivity contribution is 5.54. The van der Waals surface area contributed by atoms with E-state index in [0.29, 0.717) is 31.1 Å². The number of ether oxygens (including phenoxy) is 1. The number of benzene rings is 1. The number of hydrogen-bond acceptors (Lipinski definition) is 4. The lowest BCUT2D eigenvalue weighted by Crippen LogP contribution is -2.11. The molecule has 0 aliphatic carbocycles. The molecule has 0 radical (unpaired) electrons. The Hall–Kier alpha value is -1.33. The van der Waals surface area contributed by atoms with Crippen molar-refractivity contribution in [1.29, 1.82) is 0 Å². The molecule has 1 aromatic carbocycles. The van der Waals surface area contributed by atoms with Gasteiger partial charge in [-0.2, -0.15) is 0 Å². The van der Waals surface area contributed by atoms with Crippen molar-refractivity contribution in [2.45, 2.75) is 0 Å². The number of nitrogens with two attached hydrogens (primary N) is 1. The van der Waals surface area contributed by atoms with Gasteiger partial charge in [0.05, 0.1) is 19.8 Å². The summed E-state index contributed by atoms with van der Waals surface area (Å²) in [5.74, 6) is -0.367. The van der Waals surface area contributed by atoms with E-state index in [0.717, 1.165) is 0 Å². The molecule has 0 atom stereocenters. The highest BCUT2D eigenvalue weighted by Crippen LogP contribution is 2.14. The number of hydrogen-bond donors (Lipinski definition) is 3. The van der Waals surface area contributed by atoms with Crippen molar-refractivity contribution in [3.8, 4) is 0 Å². The Morgan fingerprint density at radius 2 is 2.13 bits per heavy atom. The Balaban J connectivity index is 2.31. The summed E-state index contributed by atoms with van der Waals surface area (Å²) in [6, 6.07) is 4.27. The quantitative estimate of drug-likeness (QED) is 0.484. The summed E-state index contributed by atoms with van der Waals surface area (Å²) in [6.07, 6.45) is 0. The van der Waals surface area contributed by atoms with Crippen LogP contribution in [0.2, 0.25) is 0 Å². The van der Waals surface area contributed by atoms with E-state index >= 15 is 0 Å². The van der Waals surface area contributed by atoms with Crippen LogP contribution in [0, 0.1) is 5.82 Å². The van der Waals surface area contributed by atoms with Gasteiger partial charge in [0.15, 0.2) is 0 Å². The molecular weight excluding hydrogens is 199 g/mol. The van der Waals surface area contributed by atoms with Gasteiger partial charge in [0.25, 0.3) is 0 Å². The number of aliphatic hydroxyl groups is 1. The highest BCUT2D eigenvalue weighted by Gasteiger charge is 1.97. The molecule has 4 nitrogen and oxygen atoms in total. The summed E-state index contributed by atoms with van der Waals surface area (Å²) in [6.45, 7) is 1.32. The molecule has 0 heterocycles. The molecule has 0 saturated heterocycles. The summed E-state index contributed by atoms with van der Waals surface area (Å²) in [7, 11) is 0. The van der Waals surface area contributed by atoms with Crippen LogP contribution in [-0.4, -0.2) is 31.5 Å². The van der Waals surface area contributed by atoms with Crippen molar-refractivity contribution >= 4 is 11.4 Å². The smallest absolute Gasteiger partial charge is 0.127 e. The minimum Gasteiger partial charge on any atom is -0.399 e. The zero-order chi connectivity index (χ0) is 11.1. The molecule has 15 heavy (non-hydrogen) atoms. The van der Waals surface area contributed by atoms with Crippen molar-refractivity contribution < 1.29 is 14.2 Å². The number of anilines is 2. The van der Waals surface area contributed by atoms with Gasteiger partial charge in [-0.05, 0) is 18.2 Å². The van der Waals surface area contributed by atoms with E-state index in [1.54, 1.807) is 6.07 Å². The molecule has 84 valence electrons. The standard InChI is InChI=1S/C10H15FN2O2/c11-8-5-9(12)7-10(6-8)13-1-3-15-4-2-14/h5-7,13-14H,1-4,12H2. The van der Waals surface area contributed by atoms with Crippen molar-refractivity contribution in [2.24, 2.45) is 0 Å². The van der Waals surface area contributed by atoms with Gasteiger partial charge in [-0.15, -0.1) is 0 Å². The molecule has 0 fully saturated rings. The molecule has 0 unspecified atom stereocenters. The summed E-state index contributed by atoms with van der Waals surface area (Å²) < 4.78 is 17.9. The van der Waals surface area contributed by atoms with Crippen LogP contribution in [0.5, 0.6) is 0 Å². The van der Waals surface area contributed by atoms with Crippen LogP contribution < -0.4 is 11.1 Å². The second-order valence-corrected chi connectivity index (χ2v) is 3.04. The molecule has 4 N–H and O–H groups in total. The maximum absolute atomic E-state index is 12.9. The van der Waals surface area contributed by atoms with E-state index in [4.69, 9.17) is 15.6 Å². The van der Waals surface area contributed by atoms with Crippen LogP contribution in [0.1, 0.15) is 0 Å². The normalized spacial score (nSPS) is 10.3. The van der Waals surface area contributed by atoms with E-state index in [9.17, 15) is 4.39 Å². The molecular formula is C10H15FN2O2. The minimum absolute atomic E-state index is 0.00686. The highest BCUT2D eigenvalue weighted by atomic mass is 19.1. The fraction of sp³-hybridized carbons (Fsp3) is 0.400. The second kappa shape index (κ2) is 6.21. The molecule has 1 rings (SSSR count). The Morgan fingerprint density at radius 1 is 1.33 bits per heavy atom. The third-order valence-electron chi connectivity index (χ3n) is 1.73. The fourth-order valence-electron chi connectivity index (χ4n) is 1.15. The predicted octanol–water partition coefficient (Wildman–Crippen LogP) is 0.829. The Morgan fingerprint density at radius 3 is 2.80 bits per heavy atom. The second-order valence-electron chi connectivity index (χ2n) is 3.04. The first-order valence-electron chi connectivity index (χ1n) is 4.71. The topological polar surface area (TPSA) is 67.5 Å². The number of rotatable bonds is 6. The van der Waals surface area contributed by atoms with Crippen molar-refractivity contribution in [3.63, 3.8) is 0 Å². The first-order chi connectivity index (χ1) is 7.22. The Kier molecular flexibility index (Phi) is 4.86. The van der Waals surface area contributed by atoms with Crippen molar-refractivity contribution in [2.75, 3.05) is 37.4 Å². The van der Waals surface area contributed by atoms with Crippen LogP contribution in [0.15, 0.2) is 18.2 Å². The number of nitrogen functional groups attached to an aromatic ring is 1. The number of aliphatic hydroxyl groups excluding tert-OH is 1. The average Bonchev–Trinajstić information content (AvgIpc) is 2.16. The molecule has 0 aliphatic rings. The zero-order valence-corrected chi connectivity index (χ0v) is 8.37. The third-order valence-corrected chi connectivity index (χ3v) is 1.73.